The molecular formula is C18H14F8S. The molecule has 0 spiro atoms. The minimum atomic E-state index is -4.63. The van der Waals surface area contributed by atoms with E-state index in [1.54, 1.807) is 0 Å². The normalized spacial score (nSPS) is 14.8. The first-order valence-corrected chi connectivity index (χ1v) is 8.67. The van der Waals surface area contributed by atoms with Gasteiger partial charge in [0.25, 0.3) is 0 Å². The zero-order chi connectivity index (χ0) is 20.2. The molecule has 0 aliphatic heterocycles. The lowest BCUT2D eigenvalue weighted by molar-refractivity contribution is -0.135. The molecule has 2 unspecified atom stereocenters. The van der Waals surface area contributed by atoms with Crippen LogP contribution in [-0.4, -0.2) is 12.4 Å². The number of hydrogen-bond donors (Lipinski definition) is 0. The van der Waals surface area contributed by atoms with Crippen molar-refractivity contribution in [3.8, 4) is 0 Å². The summed E-state index contributed by atoms with van der Waals surface area (Å²) < 4.78 is 104. The van der Waals surface area contributed by atoms with Crippen LogP contribution in [0.3, 0.4) is 0 Å². The molecule has 0 aromatic heterocycles. The first-order valence-electron chi connectivity index (χ1n) is 7.73. The number of hydrogen-bond acceptors (Lipinski definition) is 1. The lowest BCUT2D eigenvalue weighted by atomic mass is 10.1. The largest absolute Gasteiger partial charge is 0.390 e. The summed E-state index contributed by atoms with van der Waals surface area (Å²) in [7, 11) is 0. The number of rotatable bonds is 6. The van der Waals surface area contributed by atoms with Gasteiger partial charge in [-0.1, -0.05) is 24.3 Å². The summed E-state index contributed by atoms with van der Waals surface area (Å²) in [6.07, 6.45) is -12.0. The third kappa shape index (κ3) is 7.40. The van der Waals surface area contributed by atoms with Crippen LogP contribution in [0.25, 0.3) is 0 Å². The van der Waals surface area contributed by atoms with Crippen LogP contribution in [0.5, 0.6) is 0 Å². The van der Waals surface area contributed by atoms with E-state index < -0.39 is 47.3 Å². The zero-order valence-corrected chi connectivity index (χ0v) is 14.4. The fraction of sp³-hybridized carbons (Fsp3) is 0.333. The van der Waals surface area contributed by atoms with Gasteiger partial charge in [0.1, 0.15) is 11.6 Å². The fourth-order valence-electron chi connectivity index (χ4n) is 2.46. The van der Waals surface area contributed by atoms with Gasteiger partial charge in [-0.3, -0.25) is 0 Å². The number of thioether (sulfide) groups is 1. The standard InChI is InChI=1S/C18H14F8S/c19-13-5-1-11(2-6-13)15(9-17(21,22)23)27-16(10-18(24,25)26)12-3-7-14(20)8-4-12/h1-8,15-16H,9-10H2. The Morgan fingerprint density at radius 2 is 0.889 bits per heavy atom. The van der Waals surface area contributed by atoms with Crippen LogP contribution in [0.1, 0.15) is 34.5 Å². The van der Waals surface area contributed by atoms with Crippen molar-refractivity contribution < 1.29 is 35.1 Å². The van der Waals surface area contributed by atoms with Gasteiger partial charge in [0.2, 0.25) is 0 Å². The zero-order valence-electron chi connectivity index (χ0n) is 13.6. The van der Waals surface area contributed by atoms with Crippen LogP contribution >= 0.6 is 11.8 Å². The van der Waals surface area contributed by atoms with E-state index in [0.717, 1.165) is 48.5 Å². The smallest absolute Gasteiger partial charge is 0.207 e. The fourth-order valence-corrected chi connectivity index (χ4v) is 4.06. The number of benzene rings is 2. The van der Waals surface area contributed by atoms with Crippen LogP contribution < -0.4 is 0 Å². The van der Waals surface area contributed by atoms with Crippen LogP contribution in [0.4, 0.5) is 35.1 Å². The first-order chi connectivity index (χ1) is 12.4. The summed E-state index contributed by atoms with van der Waals surface area (Å²) in [5, 5.41) is -2.74. The summed E-state index contributed by atoms with van der Waals surface area (Å²) in [6, 6.07) is 8.29. The first kappa shape index (κ1) is 21.5. The number of halogens is 8. The van der Waals surface area contributed by atoms with Crippen LogP contribution in [0.15, 0.2) is 48.5 Å². The van der Waals surface area contributed by atoms with E-state index >= 15 is 0 Å². The quantitative estimate of drug-likeness (QED) is 0.444. The molecule has 0 bridgehead atoms. The van der Waals surface area contributed by atoms with Gasteiger partial charge in [-0.2, -0.15) is 26.3 Å². The molecule has 0 aliphatic rings. The molecule has 0 N–H and O–H groups in total. The van der Waals surface area contributed by atoms with Crippen molar-refractivity contribution in [1.29, 1.82) is 0 Å². The lowest BCUT2D eigenvalue weighted by Gasteiger charge is -2.26. The summed E-state index contributed by atoms with van der Waals surface area (Å²) >= 11 is 0.477. The van der Waals surface area contributed by atoms with Gasteiger partial charge < -0.3 is 0 Å². The van der Waals surface area contributed by atoms with E-state index in [9.17, 15) is 35.1 Å². The van der Waals surface area contributed by atoms with Crippen molar-refractivity contribution in [3.63, 3.8) is 0 Å². The lowest BCUT2D eigenvalue weighted by Crippen LogP contribution is -2.16. The van der Waals surface area contributed by atoms with E-state index in [4.69, 9.17) is 0 Å². The molecule has 148 valence electrons. The Morgan fingerprint density at radius 1 is 0.593 bits per heavy atom. The summed E-state index contributed by atoms with van der Waals surface area (Å²) in [5.41, 5.74) is 0.126. The molecule has 0 fully saturated rings. The number of alkyl halides is 6. The maximum atomic E-state index is 13.1. The Bertz CT molecular complexity index is 656. The van der Waals surface area contributed by atoms with Crippen LogP contribution in [-0.2, 0) is 0 Å². The molecule has 0 amide bonds. The molecule has 0 saturated heterocycles. The molecule has 0 radical (unpaired) electrons. The third-order valence-corrected chi connectivity index (χ3v) is 5.18. The van der Waals surface area contributed by atoms with E-state index in [1.807, 2.05) is 0 Å². The van der Waals surface area contributed by atoms with Crippen molar-refractivity contribution in [1.82, 2.24) is 0 Å². The highest BCUT2D eigenvalue weighted by atomic mass is 32.2. The molecule has 0 nitrogen and oxygen atoms in total. The highest BCUT2D eigenvalue weighted by Crippen LogP contribution is 2.49. The van der Waals surface area contributed by atoms with Crippen molar-refractivity contribution in [2.45, 2.75) is 35.7 Å². The second-order valence-electron chi connectivity index (χ2n) is 5.86. The maximum absolute atomic E-state index is 13.1. The molecule has 0 heterocycles. The molecule has 2 rings (SSSR count). The highest BCUT2D eigenvalue weighted by molar-refractivity contribution is 7.99. The molecule has 0 saturated carbocycles. The minimum Gasteiger partial charge on any atom is -0.207 e. The summed E-state index contributed by atoms with van der Waals surface area (Å²) in [5.74, 6) is -1.33. The van der Waals surface area contributed by atoms with Crippen LogP contribution in [0.2, 0.25) is 0 Å². The van der Waals surface area contributed by atoms with E-state index in [0.29, 0.717) is 11.8 Å². The maximum Gasteiger partial charge on any atom is 0.390 e. The van der Waals surface area contributed by atoms with Gasteiger partial charge in [-0.25, -0.2) is 8.78 Å². The minimum absolute atomic E-state index is 0.0630. The van der Waals surface area contributed by atoms with E-state index in [1.165, 1.54) is 0 Å². The summed E-state index contributed by atoms with van der Waals surface area (Å²) in [6.45, 7) is 0. The molecule has 27 heavy (non-hydrogen) atoms. The van der Waals surface area contributed by atoms with Crippen LogP contribution in [0, 0.1) is 11.6 Å². The highest BCUT2D eigenvalue weighted by Gasteiger charge is 2.38. The van der Waals surface area contributed by atoms with Gasteiger partial charge in [0.15, 0.2) is 0 Å². The average Bonchev–Trinajstić information content (AvgIpc) is 2.52. The van der Waals surface area contributed by atoms with Crippen molar-refractivity contribution >= 4 is 11.8 Å². The van der Waals surface area contributed by atoms with Gasteiger partial charge in [-0.05, 0) is 35.4 Å². The topological polar surface area (TPSA) is 0 Å². The Labute approximate surface area is 154 Å². The second-order valence-corrected chi connectivity index (χ2v) is 7.27. The van der Waals surface area contributed by atoms with Crippen molar-refractivity contribution in [2.24, 2.45) is 0 Å². The molecule has 2 atom stereocenters. The van der Waals surface area contributed by atoms with Gasteiger partial charge >= 0.3 is 12.4 Å². The van der Waals surface area contributed by atoms with E-state index in [-0.39, 0.29) is 11.1 Å². The predicted molar refractivity (Wildman–Crippen MR) is 87.2 cm³/mol. The average molecular weight is 414 g/mol. The monoisotopic (exact) mass is 414 g/mol. The molecular weight excluding hydrogens is 400 g/mol. The molecule has 2 aromatic carbocycles. The SMILES string of the molecule is Fc1ccc(C(CC(F)(F)F)SC(CC(F)(F)F)c2ccc(F)cc2)cc1. The Balaban J connectivity index is 2.35. The third-order valence-electron chi connectivity index (χ3n) is 3.65. The van der Waals surface area contributed by atoms with Crippen molar-refractivity contribution in [2.75, 3.05) is 0 Å². The molecule has 9 heteroatoms. The van der Waals surface area contributed by atoms with Gasteiger partial charge in [0.05, 0.1) is 12.8 Å². The van der Waals surface area contributed by atoms with Gasteiger partial charge in [0, 0.05) is 10.5 Å². The summed E-state index contributed by atoms with van der Waals surface area (Å²) in [4.78, 5) is 0. The van der Waals surface area contributed by atoms with Crippen molar-refractivity contribution in [3.05, 3.63) is 71.3 Å². The molecule has 2 aromatic rings. The Hall–Kier alpha value is -1.77. The van der Waals surface area contributed by atoms with E-state index in [2.05, 4.69) is 0 Å². The molecule has 0 aliphatic carbocycles. The second kappa shape index (κ2) is 8.50. The van der Waals surface area contributed by atoms with Gasteiger partial charge in [-0.15, -0.1) is 11.8 Å². The predicted octanol–water partition coefficient (Wildman–Crippen LogP) is 7.39. The Morgan fingerprint density at radius 3 is 1.15 bits per heavy atom. The Kier molecular flexibility index (Phi) is 6.77.